The predicted molar refractivity (Wildman–Crippen MR) is 75.6 cm³/mol. The van der Waals surface area contributed by atoms with Gasteiger partial charge in [0.15, 0.2) is 10.9 Å². The lowest BCUT2D eigenvalue weighted by Gasteiger charge is -2.05. The molecule has 1 aromatic heterocycles. The maximum atomic E-state index is 11.1. The molecule has 98 valence electrons. The minimum Gasteiger partial charge on any atom is -0.477 e. The Kier molecular flexibility index (Phi) is 4.16. The molecule has 19 heavy (non-hydrogen) atoms. The van der Waals surface area contributed by atoms with E-state index in [1.165, 1.54) is 23.4 Å². The molecule has 2 rings (SSSR count). The SMILES string of the molecule is CCc1ccc(-c2cc(C(=O)O)nc(SC)n2)cc1. The average molecular weight is 274 g/mol. The number of aryl methyl sites for hydroxylation is 1. The van der Waals surface area contributed by atoms with Gasteiger partial charge in [0.25, 0.3) is 0 Å². The fourth-order valence-electron chi connectivity index (χ4n) is 1.69. The van der Waals surface area contributed by atoms with Crippen LogP contribution in [0.5, 0.6) is 0 Å². The second-order valence-electron chi connectivity index (χ2n) is 3.98. The van der Waals surface area contributed by atoms with Crippen molar-refractivity contribution in [3.05, 3.63) is 41.6 Å². The van der Waals surface area contributed by atoms with Crippen LogP contribution in [-0.4, -0.2) is 27.3 Å². The third-order valence-corrected chi connectivity index (χ3v) is 3.31. The molecule has 0 saturated heterocycles. The monoisotopic (exact) mass is 274 g/mol. The molecule has 4 nitrogen and oxygen atoms in total. The van der Waals surface area contributed by atoms with Gasteiger partial charge in [-0.25, -0.2) is 14.8 Å². The Hall–Kier alpha value is -1.88. The second-order valence-corrected chi connectivity index (χ2v) is 4.75. The van der Waals surface area contributed by atoms with Crippen molar-refractivity contribution in [2.75, 3.05) is 6.26 Å². The van der Waals surface area contributed by atoms with Gasteiger partial charge in [0.2, 0.25) is 0 Å². The smallest absolute Gasteiger partial charge is 0.354 e. The van der Waals surface area contributed by atoms with E-state index in [4.69, 9.17) is 5.11 Å². The van der Waals surface area contributed by atoms with Crippen molar-refractivity contribution in [2.24, 2.45) is 0 Å². The molecule has 1 N–H and O–H groups in total. The number of carboxylic acid groups (broad SMARTS) is 1. The predicted octanol–water partition coefficient (Wildman–Crippen LogP) is 3.13. The second kappa shape index (κ2) is 5.84. The van der Waals surface area contributed by atoms with Crippen molar-refractivity contribution in [1.29, 1.82) is 0 Å². The van der Waals surface area contributed by atoms with E-state index in [9.17, 15) is 4.79 Å². The standard InChI is InChI=1S/C14H14N2O2S/c1-3-9-4-6-10(7-5-9)11-8-12(13(17)18)16-14(15-11)19-2/h4-8H,3H2,1-2H3,(H,17,18). The molecule has 0 radical (unpaired) electrons. The molecular formula is C14H14N2O2S. The summed E-state index contributed by atoms with van der Waals surface area (Å²) in [6.45, 7) is 2.09. The molecule has 0 bridgehead atoms. The molecule has 2 aromatic rings. The Balaban J connectivity index is 2.47. The summed E-state index contributed by atoms with van der Waals surface area (Å²) in [6.07, 6.45) is 2.80. The van der Waals surface area contributed by atoms with Crippen LogP contribution in [0.15, 0.2) is 35.5 Å². The number of hydrogen-bond donors (Lipinski definition) is 1. The van der Waals surface area contributed by atoms with Gasteiger partial charge in [-0.15, -0.1) is 0 Å². The molecule has 5 heteroatoms. The summed E-state index contributed by atoms with van der Waals surface area (Å²) in [5, 5.41) is 9.53. The largest absolute Gasteiger partial charge is 0.477 e. The van der Waals surface area contributed by atoms with Crippen LogP contribution in [0.25, 0.3) is 11.3 Å². The van der Waals surface area contributed by atoms with Gasteiger partial charge in [0, 0.05) is 5.56 Å². The van der Waals surface area contributed by atoms with Gasteiger partial charge in [-0.05, 0) is 24.3 Å². The third-order valence-electron chi connectivity index (χ3n) is 2.77. The lowest BCUT2D eigenvalue weighted by molar-refractivity contribution is 0.0689. The molecule has 0 amide bonds. The van der Waals surface area contributed by atoms with Crippen molar-refractivity contribution >= 4 is 17.7 Å². The van der Waals surface area contributed by atoms with Crippen LogP contribution in [0, 0.1) is 0 Å². The topological polar surface area (TPSA) is 63.1 Å². The molecule has 1 heterocycles. The summed E-state index contributed by atoms with van der Waals surface area (Å²) >= 11 is 1.33. The molecule has 0 aliphatic carbocycles. The Labute approximate surface area is 115 Å². The first-order valence-electron chi connectivity index (χ1n) is 5.89. The first-order chi connectivity index (χ1) is 9.13. The van der Waals surface area contributed by atoms with E-state index in [0.29, 0.717) is 10.9 Å². The highest BCUT2D eigenvalue weighted by atomic mass is 32.2. The zero-order valence-corrected chi connectivity index (χ0v) is 11.6. The number of rotatable bonds is 4. The zero-order valence-electron chi connectivity index (χ0n) is 10.8. The maximum Gasteiger partial charge on any atom is 0.354 e. The summed E-state index contributed by atoms with van der Waals surface area (Å²) in [6, 6.07) is 9.46. The minimum absolute atomic E-state index is 0.0221. The Morgan fingerprint density at radius 2 is 1.95 bits per heavy atom. The Morgan fingerprint density at radius 3 is 2.47 bits per heavy atom. The van der Waals surface area contributed by atoms with E-state index in [2.05, 4.69) is 16.9 Å². The summed E-state index contributed by atoms with van der Waals surface area (Å²) in [4.78, 5) is 19.4. The number of nitrogens with zero attached hydrogens (tertiary/aromatic N) is 2. The number of hydrogen-bond acceptors (Lipinski definition) is 4. The van der Waals surface area contributed by atoms with Crippen molar-refractivity contribution in [2.45, 2.75) is 18.5 Å². The van der Waals surface area contributed by atoms with Crippen LogP contribution >= 0.6 is 11.8 Å². The van der Waals surface area contributed by atoms with Gasteiger partial charge in [0.05, 0.1) is 5.69 Å². The first-order valence-corrected chi connectivity index (χ1v) is 7.12. The van der Waals surface area contributed by atoms with Crippen LogP contribution in [0.3, 0.4) is 0 Å². The molecule has 0 aliphatic rings. The molecule has 0 spiro atoms. The van der Waals surface area contributed by atoms with E-state index in [0.717, 1.165) is 12.0 Å². The Bertz CT molecular complexity index is 597. The number of carboxylic acids is 1. The number of aromatic carboxylic acids is 1. The number of carbonyl (C=O) groups is 1. The van der Waals surface area contributed by atoms with Gasteiger partial charge in [-0.2, -0.15) is 0 Å². The summed E-state index contributed by atoms with van der Waals surface area (Å²) in [5.41, 5.74) is 2.80. The van der Waals surface area contributed by atoms with Gasteiger partial charge in [-0.1, -0.05) is 43.0 Å². The van der Waals surface area contributed by atoms with Gasteiger partial charge >= 0.3 is 5.97 Å². The van der Waals surface area contributed by atoms with Crippen molar-refractivity contribution in [3.8, 4) is 11.3 Å². The van der Waals surface area contributed by atoms with E-state index >= 15 is 0 Å². The van der Waals surface area contributed by atoms with Crippen LogP contribution in [0.1, 0.15) is 23.0 Å². The van der Waals surface area contributed by atoms with Crippen LogP contribution < -0.4 is 0 Å². The van der Waals surface area contributed by atoms with Crippen molar-refractivity contribution in [3.63, 3.8) is 0 Å². The third kappa shape index (κ3) is 3.12. The first kappa shape index (κ1) is 13.5. The highest BCUT2D eigenvalue weighted by Gasteiger charge is 2.11. The van der Waals surface area contributed by atoms with E-state index < -0.39 is 5.97 Å². The number of thioether (sulfide) groups is 1. The molecule has 0 aliphatic heterocycles. The number of benzene rings is 1. The zero-order chi connectivity index (χ0) is 13.8. The molecular weight excluding hydrogens is 260 g/mol. The molecule has 0 saturated carbocycles. The van der Waals surface area contributed by atoms with Crippen LogP contribution in [0.4, 0.5) is 0 Å². The minimum atomic E-state index is -1.04. The lowest BCUT2D eigenvalue weighted by Crippen LogP contribution is -2.03. The highest BCUT2D eigenvalue weighted by molar-refractivity contribution is 7.98. The summed E-state index contributed by atoms with van der Waals surface area (Å²) < 4.78 is 0. The normalized spacial score (nSPS) is 10.4. The molecule has 0 unspecified atom stereocenters. The van der Waals surface area contributed by atoms with Gasteiger partial charge in [0.1, 0.15) is 0 Å². The van der Waals surface area contributed by atoms with Gasteiger partial charge in [-0.3, -0.25) is 0 Å². The van der Waals surface area contributed by atoms with Crippen LogP contribution in [0.2, 0.25) is 0 Å². The van der Waals surface area contributed by atoms with E-state index in [-0.39, 0.29) is 5.69 Å². The van der Waals surface area contributed by atoms with Crippen molar-refractivity contribution in [1.82, 2.24) is 9.97 Å². The highest BCUT2D eigenvalue weighted by Crippen LogP contribution is 2.21. The molecule has 0 atom stereocenters. The fourth-order valence-corrected chi connectivity index (χ4v) is 2.06. The maximum absolute atomic E-state index is 11.1. The van der Waals surface area contributed by atoms with Crippen molar-refractivity contribution < 1.29 is 9.90 Å². The van der Waals surface area contributed by atoms with E-state index in [1.54, 1.807) is 0 Å². The lowest BCUT2D eigenvalue weighted by atomic mass is 10.1. The Morgan fingerprint density at radius 1 is 1.26 bits per heavy atom. The summed E-state index contributed by atoms with van der Waals surface area (Å²) in [7, 11) is 0. The van der Waals surface area contributed by atoms with E-state index in [1.807, 2.05) is 30.5 Å². The van der Waals surface area contributed by atoms with Gasteiger partial charge < -0.3 is 5.11 Å². The van der Waals surface area contributed by atoms with Crippen LogP contribution in [-0.2, 0) is 6.42 Å². The fraction of sp³-hybridized carbons (Fsp3) is 0.214. The molecule has 1 aromatic carbocycles. The quantitative estimate of drug-likeness (QED) is 0.685. The average Bonchev–Trinajstić information content (AvgIpc) is 2.46. The summed E-state index contributed by atoms with van der Waals surface area (Å²) in [5.74, 6) is -1.04. The number of aromatic nitrogens is 2. The molecule has 0 fully saturated rings.